The zero-order valence-electron chi connectivity index (χ0n) is 10.6. The molecule has 6 heteroatoms. The molecule has 0 aliphatic heterocycles. The minimum atomic E-state index is -1.12. The van der Waals surface area contributed by atoms with Crippen LogP contribution in [0.2, 0.25) is 0 Å². The first-order chi connectivity index (χ1) is 9.04. The number of rotatable bonds is 7. The van der Waals surface area contributed by atoms with Crippen molar-refractivity contribution in [2.45, 2.75) is 18.9 Å². The highest BCUT2D eigenvalue weighted by molar-refractivity contribution is 5.78. The van der Waals surface area contributed by atoms with Gasteiger partial charge in [0.25, 0.3) is 0 Å². The number of benzene rings is 1. The largest absolute Gasteiger partial charge is 0.508 e. The van der Waals surface area contributed by atoms with Crippen molar-refractivity contribution < 1.29 is 24.5 Å². The van der Waals surface area contributed by atoms with Crippen LogP contribution in [0.4, 0.5) is 0 Å². The lowest BCUT2D eigenvalue weighted by atomic mass is 10.1. The number of ether oxygens (including phenoxy) is 1. The molecule has 0 saturated carbocycles. The van der Waals surface area contributed by atoms with Crippen LogP contribution in [0.25, 0.3) is 0 Å². The summed E-state index contributed by atoms with van der Waals surface area (Å²) in [5, 5.41) is 20.7. The third kappa shape index (κ3) is 4.97. The van der Waals surface area contributed by atoms with E-state index in [1.54, 1.807) is 24.3 Å². The standard InChI is InChI=1S/C13H17NO5/c1-19-11(13(17)18)8-14-12(16)7-6-9-4-2-3-5-10(9)15/h2-5,11,15H,6-8H2,1H3,(H,14,16)(H,17,18). The number of carbonyl (C=O) groups excluding carboxylic acids is 1. The Hall–Kier alpha value is -2.08. The summed E-state index contributed by atoms with van der Waals surface area (Å²) in [7, 11) is 1.27. The molecule has 0 aliphatic carbocycles. The number of hydrogen-bond acceptors (Lipinski definition) is 4. The van der Waals surface area contributed by atoms with Gasteiger partial charge in [0.05, 0.1) is 6.54 Å². The Morgan fingerprint density at radius 2 is 2.05 bits per heavy atom. The van der Waals surface area contributed by atoms with Gasteiger partial charge in [0.15, 0.2) is 6.10 Å². The van der Waals surface area contributed by atoms with Gasteiger partial charge < -0.3 is 20.3 Å². The third-order valence-corrected chi connectivity index (χ3v) is 2.66. The van der Waals surface area contributed by atoms with Gasteiger partial charge in [-0.15, -0.1) is 0 Å². The van der Waals surface area contributed by atoms with E-state index in [0.717, 1.165) is 0 Å². The predicted octanol–water partition coefficient (Wildman–Crippen LogP) is 0.541. The highest BCUT2D eigenvalue weighted by Crippen LogP contribution is 2.16. The van der Waals surface area contributed by atoms with Crippen LogP contribution in [0.5, 0.6) is 5.75 Å². The van der Waals surface area contributed by atoms with Crippen LogP contribution in [-0.4, -0.2) is 41.8 Å². The molecule has 0 heterocycles. The molecule has 0 aliphatic rings. The van der Waals surface area contributed by atoms with E-state index < -0.39 is 12.1 Å². The molecule has 104 valence electrons. The smallest absolute Gasteiger partial charge is 0.334 e. The van der Waals surface area contributed by atoms with Crippen LogP contribution in [0.1, 0.15) is 12.0 Å². The molecule has 19 heavy (non-hydrogen) atoms. The van der Waals surface area contributed by atoms with Gasteiger partial charge in [-0.1, -0.05) is 18.2 Å². The van der Waals surface area contributed by atoms with E-state index in [2.05, 4.69) is 10.1 Å². The Morgan fingerprint density at radius 1 is 1.37 bits per heavy atom. The Morgan fingerprint density at radius 3 is 2.63 bits per heavy atom. The number of carboxylic acids is 1. The van der Waals surface area contributed by atoms with E-state index in [1.165, 1.54) is 7.11 Å². The van der Waals surface area contributed by atoms with Gasteiger partial charge in [-0.3, -0.25) is 4.79 Å². The van der Waals surface area contributed by atoms with Crippen LogP contribution >= 0.6 is 0 Å². The van der Waals surface area contributed by atoms with Crippen molar-refractivity contribution in [1.82, 2.24) is 5.32 Å². The molecule has 0 aromatic heterocycles. The minimum Gasteiger partial charge on any atom is -0.508 e. The lowest BCUT2D eigenvalue weighted by molar-refractivity contribution is -0.148. The predicted molar refractivity (Wildman–Crippen MR) is 67.9 cm³/mol. The third-order valence-electron chi connectivity index (χ3n) is 2.66. The van der Waals surface area contributed by atoms with Gasteiger partial charge in [0.2, 0.25) is 5.91 Å². The van der Waals surface area contributed by atoms with Gasteiger partial charge in [0.1, 0.15) is 5.75 Å². The Kier molecular flexibility index (Phi) is 5.81. The summed E-state index contributed by atoms with van der Waals surface area (Å²) >= 11 is 0. The molecule has 0 fully saturated rings. The monoisotopic (exact) mass is 267 g/mol. The number of hydrogen-bond donors (Lipinski definition) is 3. The normalized spacial score (nSPS) is 11.8. The van der Waals surface area contributed by atoms with E-state index in [1.807, 2.05) is 0 Å². The molecule has 0 bridgehead atoms. The molecule has 0 spiro atoms. The lowest BCUT2D eigenvalue weighted by Crippen LogP contribution is -2.37. The maximum Gasteiger partial charge on any atom is 0.334 e. The van der Waals surface area contributed by atoms with Crippen molar-refractivity contribution in [1.29, 1.82) is 0 Å². The molecule has 3 N–H and O–H groups in total. The quantitative estimate of drug-likeness (QED) is 0.670. The first-order valence-corrected chi connectivity index (χ1v) is 5.83. The summed E-state index contributed by atoms with van der Waals surface area (Å²) in [6.07, 6.45) is -0.481. The highest BCUT2D eigenvalue weighted by atomic mass is 16.5. The minimum absolute atomic E-state index is 0.0779. The van der Waals surface area contributed by atoms with Crippen LogP contribution in [-0.2, 0) is 20.7 Å². The summed E-state index contributed by atoms with van der Waals surface area (Å²) in [5.74, 6) is -1.26. The number of aromatic hydroxyl groups is 1. The fraction of sp³-hybridized carbons (Fsp3) is 0.385. The van der Waals surface area contributed by atoms with E-state index in [0.29, 0.717) is 12.0 Å². The number of aryl methyl sites for hydroxylation is 1. The van der Waals surface area contributed by atoms with Crippen molar-refractivity contribution in [2.75, 3.05) is 13.7 Å². The van der Waals surface area contributed by atoms with E-state index in [4.69, 9.17) is 5.11 Å². The number of phenols is 1. The fourth-order valence-corrected chi connectivity index (χ4v) is 1.54. The number of methoxy groups -OCH3 is 1. The Bertz CT molecular complexity index is 446. The zero-order valence-corrected chi connectivity index (χ0v) is 10.6. The summed E-state index contributed by atoms with van der Waals surface area (Å²) in [4.78, 5) is 22.2. The molecule has 1 amide bonds. The molecule has 1 rings (SSSR count). The summed E-state index contributed by atoms with van der Waals surface area (Å²) in [5.41, 5.74) is 0.680. The van der Waals surface area contributed by atoms with Crippen molar-refractivity contribution in [3.8, 4) is 5.75 Å². The molecule has 1 aromatic rings. The molecular weight excluding hydrogens is 250 g/mol. The highest BCUT2D eigenvalue weighted by Gasteiger charge is 2.17. The molecule has 0 saturated heterocycles. The van der Waals surface area contributed by atoms with E-state index in [-0.39, 0.29) is 24.6 Å². The first kappa shape index (κ1) is 15.0. The van der Waals surface area contributed by atoms with Gasteiger partial charge >= 0.3 is 5.97 Å². The topological polar surface area (TPSA) is 95.9 Å². The lowest BCUT2D eigenvalue weighted by Gasteiger charge is -2.11. The van der Waals surface area contributed by atoms with Crippen molar-refractivity contribution in [3.05, 3.63) is 29.8 Å². The average Bonchev–Trinajstić information content (AvgIpc) is 2.38. The number of carbonyl (C=O) groups is 2. The van der Waals surface area contributed by atoms with Gasteiger partial charge in [-0.25, -0.2) is 4.79 Å². The van der Waals surface area contributed by atoms with Crippen molar-refractivity contribution in [2.24, 2.45) is 0 Å². The van der Waals surface area contributed by atoms with Crippen molar-refractivity contribution in [3.63, 3.8) is 0 Å². The second kappa shape index (κ2) is 7.38. The summed E-state index contributed by atoms with van der Waals surface area (Å²) < 4.78 is 4.69. The average molecular weight is 267 g/mol. The molecule has 1 unspecified atom stereocenters. The number of amides is 1. The van der Waals surface area contributed by atoms with Crippen LogP contribution in [0, 0.1) is 0 Å². The van der Waals surface area contributed by atoms with E-state index >= 15 is 0 Å². The Labute approximate surface area is 111 Å². The van der Waals surface area contributed by atoms with Gasteiger partial charge in [-0.2, -0.15) is 0 Å². The van der Waals surface area contributed by atoms with Crippen LogP contribution < -0.4 is 5.32 Å². The fourth-order valence-electron chi connectivity index (χ4n) is 1.54. The summed E-state index contributed by atoms with van der Waals surface area (Å²) in [6.45, 7) is -0.0779. The van der Waals surface area contributed by atoms with Crippen LogP contribution in [0.3, 0.4) is 0 Å². The van der Waals surface area contributed by atoms with Gasteiger partial charge in [0, 0.05) is 13.5 Å². The SMILES string of the molecule is COC(CNC(=O)CCc1ccccc1O)C(=O)O. The maximum absolute atomic E-state index is 11.5. The molecule has 0 radical (unpaired) electrons. The number of aliphatic carboxylic acids is 1. The first-order valence-electron chi connectivity index (χ1n) is 5.83. The molecule has 1 aromatic carbocycles. The number of para-hydroxylation sites is 1. The number of carboxylic acid groups (broad SMARTS) is 1. The van der Waals surface area contributed by atoms with Crippen LogP contribution in [0.15, 0.2) is 24.3 Å². The second-order valence-electron chi connectivity index (χ2n) is 4.00. The molecule has 6 nitrogen and oxygen atoms in total. The molecule has 1 atom stereocenters. The Balaban J connectivity index is 2.36. The molecular formula is C13H17NO5. The number of nitrogens with one attached hydrogen (secondary N) is 1. The van der Waals surface area contributed by atoms with Gasteiger partial charge in [-0.05, 0) is 18.1 Å². The van der Waals surface area contributed by atoms with Crippen molar-refractivity contribution >= 4 is 11.9 Å². The zero-order chi connectivity index (χ0) is 14.3. The maximum atomic E-state index is 11.5. The second-order valence-corrected chi connectivity index (χ2v) is 4.00. The number of phenolic OH excluding ortho intramolecular Hbond substituents is 1. The summed E-state index contributed by atoms with van der Waals surface area (Å²) in [6, 6.07) is 6.77. The van der Waals surface area contributed by atoms with E-state index in [9.17, 15) is 14.7 Å².